The molecule has 2 aromatic rings. The number of carbonyl (C=O) groups is 2. The maximum Gasteiger partial charge on any atom is 0.342 e. The summed E-state index contributed by atoms with van der Waals surface area (Å²) >= 11 is 0. The second kappa shape index (κ2) is 7.68. The van der Waals surface area contributed by atoms with Crippen molar-refractivity contribution in [2.75, 3.05) is 27.4 Å². The van der Waals surface area contributed by atoms with Gasteiger partial charge in [0.05, 0.1) is 27.4 Å². The van der Waals surface area contributed by atoms with Gasteiger partial charge in [0.25, 0.3) is 0 Å². The lowest BCUT2D eigenvalue weighted by atomic mass is 9.97. The summed E-state index contributed by atoms with van der Waals surface area (Å²) in [6, 6.07) is 7.19. The van der Waals surface area contributed by atoms with Crippen LogP contribution in [0.5, 0.6) is 11.5 Å². The number of rotatable bonds is 6. The van der Waals surface area contributed by atoms with Crippen molar-refractivity contribution < 1.29 is 28.5 Å². The van der Waals surface area contributed by atoms with Crippen molar-refractivity contribution in [3.8, 4) is 11.5 Å². The zero-order valence-corrected chi connectivity index (χ0v) is 14.2. The molecule has 0 atom stereocenters. The quantitative estimate of drug-likeness (QED) is 0.757. The highest BCUT2D eigenvalue weighted by Gasteiger charge is 2.31. The molecule has 0 heterocycles. The molecular formula is C18H20O6. The Bertz CT molecular complexity index is 701. The summed E-state index contributed by atoms with van der Waals surface area (Å²) in [5.41, 5.74) is 0.0155. The van der Waals surface area contributed by atoms with Crippen molar-refractivity contribution in [1.82, 2.24) is 0 Å². The van der Waals surface area contributed by atoms with Gasteiger partial charge < -0.3 is 18.9 Å². The van der Waals surface area contributed by atoms with Crippen LogP contribution in [0.4, 0.5) is 0 Å². The summed E-state index contributed by atoms with van der Waals surface area (Å²) in [5, 5.41) is 1.29. The van der Waals surface area contributed by atoms with Crippen LogP contribution in [0.25, 0.3) is 10.8 Å². The van der Waals surface area contributed by atoms with E-state index in [1.807, 2.05) is 12.1 Å². The van der Waals surface area contributed by atoms with Crippen molar-refractivity contribution >= 4 is 22.7 Å². The molecule has 0 saturated heterocycles. The fraction of sp³-hybridized carbons (Fsp3) is 0.333. The van der Waals surface area contributed by atoms with E-state index in [2.05, 4.69) is 0 Å². The summed E-state index contributed by atoms with van der Waals surface area (Å²) in [5.74, 6) is -0.816. The molecule has 0 bridgehead atoms. The average molecular weight is 332 g/mol. The van der Waals surface area contributed by atoms with E-state index in [-0.39, 0.29) is 35.8 Å². The molecule has 24 heavy (non-hydrogen) atoms. The Morgan fingerprint density at radius 2 is 1.17 bits per heavy atom. The Hall–Kier alpha value is -2.76. The van der Waals surface area contributed by atoms with Crippen molar-refractivity contribution in [1.29, 1.82) is 0 Å². The Labute approximate surface area is 140 Å². The summed E-state index contributed by atoms with van der Waals surface area (Å²) in [6.07, 6.45) is 0. The molecule has 0 N–H and O–H groups in total. The molecule has 0 radical (unpaired) electrons. The molecule has 0 spiro atoms. The van der Waals surface area contributed by atoms with E-state index in [1.54, 1.807) is 26.0 Å². The van der Waals surface area contributed by atoms with Gasteiger partial charge in [-0.15, -0.1) is 0 Å². The Morgan fingerprint density at radius 3 is 1.46 bits per heavy atom. The van der Waals surface area contributed by atoms with E-state index in [0.29, 0.717) is 10.8 Å². The number of methoxy groups -OCH3 is 2. The number of ether oxygens (including phenoxy) is 4. The Balaban J connectivity index is 2.93. The summed E-state index contributed by atoms with van der Waals surface area (Å²) in [6.45, 7) is 3.71. The molecule has 0 aliphatic heterocycles. The molecule has 0 aromatic heterocycles. The van der Waals surface area contributed by atoms with Crippen LogP contribution in [0.1, 0.15) is 34.6 Å². The maximum atomic E-state index is 12.5. The summed E-state index contributed by atoms with van der Waals surface area (Å²) in [4.78, 5) is 25.0. The van der Waals surface area contributed by atoms with Gasteiger partial charge in [-0.25, -0.2) is 9.59 Å². The first-order chi connectivity index (χ1) is 11.6. The van der Waals surface area contributed by atoms with Gasteiger partial charge in [-0.1, -0.05) is 24.3 Å². The molecule has 0 aliphatic rings. The molecular weight excluding hydrogens is 312 g/mol. The highest BCUT2D eigenvalue weighted by molar-refractivity contribution is 6.14. The number of benzene rings is 2. The number of hydrogen-bond acceptors (Lipinski definition) is 6. The van der Waals surface area contributed by atoms with Gasteiger partial charge in [0.15, 0.2) is 0 Å². The van der Waals surface area contributed by atoms with E-state index >= 15 is 0 Å². The smallest absolute Gasteiger partial charge is 0.342 e. The third-order valence-electron chi connectivity index (χ3n) is 3.49. The third kappa shape index (κ3) is 2.99. The minimum Gasteiger partial charge on any atom is -0.495 e. The SMILES string of the molecule is CCOC(=O)c1c(C(=O)OCC)c(OC)c2ccccc2c1OC. The minimum atomic E-state index is -0.665. The van der Waals surface area contributed by atoms with Gasteiger partial charge in [0.2, 0.25) is 0 Å². The molecule has 2 aromatic carbocycles. The monoisotopic (exact) mass is 332 g/mol. The summed E-state index contributed by atoms with van der Waals surface area (Å²) < 4.78 is 21.1. The number of esters is 2. The van der Waals surface area contributed by atoms with E-state index in [9.17, 15) is 9.59 Å². The lowest BCUT2D eigenvalue weighted by Gasteiger charge is -2.18. The van der Waals surface area contributed by atoms with Crippen molar-refractivity contribution in [2.45, 2.75) is 13.8 Å². The second-order valence-corrected chi connectivity index (χ2v) is 4.80. The first-order valence-electron chi connectivity index (χ1n) is 7.61. The molecule has 128 valence electrons. The second-order valence-electron chi connectivity index (χ2n) is 4.80. The van der Waals surface area contributed by atoms with E-state index in [1.165, 1.54) is 14.2 Å². The van der Waals surface area contributed by atoms with Gasteiger partial charge in [-0.3, -0.25) is 0 Å². The summed E-state index contributed by atoms with van der Waals surface area (Å²) in [7, 11) is 2.87. The van der Waals surface area contributed by atoms with Gasteiger partial charge in [-0.05, 0) is 13.8 Å². The van der Waals surface area contributed by atoms with Gasteiger partial charge in [0, 0.05) is 10.8 Å². The first kappa shape index (κ1) is 17.6. The van der Waals surface area contributed by atoms with E-state index in [4.69, 9.17) is 18.9 Å². The van der Waals surface area contributed by atoms with Crippen LogP contribution >= 0.6 is 0 Å². The van der Waals surface area contributed by atoms with Crippen LogP contribution < -0.4 is 9.47 Å². The highest BCUT2D eigenvalue weighted by Crippen LogP contribution is 2.41. The zero-order chi connectivity index (χ0) is 17.7. The molecule has 0 aliphatic carbocycles. The van der Waals surface area contributed by atoms with Crippen LogP contribution in [0, 0.1) is 0 Å². The molecule has 0 unspecified atom stereocenters. The lowest BCUT2D eigenvalue weighted by Crippen LogP contribution is -2.17. The predicted molar refractivity (Wildman–Crippen MR) is 89.0 cm³/mol. The Morgan fingerprint density at radius 1 is 0.792 bits per heavy atom. The fourth-order valence-electron chi connectivity index (χ4n) is 2.60. The zero-order valence-electron chi connectivity index (χ0n) is 14.2. The number of fused-ring (bicyclic) bond motifs is 1. The van der Waals surface area contributed by atoms with Crippen LogP contribution in [0.3, 0.4) is 0 Å². The van der Waals surface area contributed by atoms with Crippen molar-refractivity contribution in [2.24, 2.45) is 0 Å². The standard InChI is InChI=1S/C18H20O6/c1-5-23-17(19)13-14(18(20)24-6-2)16(22-4)12-10-8-7-9-11(12)15(13)21-3/h7-10H,5-6H2,1-4H3. The van der Waals surface area contributed by atoms with E-state index in [0.717, 1.165) is 0 Å². The number of carbonyl (C=O) groups excluding carboxylic acids is 2. The van der Waals surface area contributed by atoms with Crippen molar-refractivity contribution in [3.63, 3.8) is 0 Å². The molecule has 0 amide bonds. The van der Waals surface area contributed by atoms with Gasteiger partial charge in [0.1, 0.15) is 22.6 Å². The van der Waals surface area contributed by atoms with Crippen molar-refractivity contribution in [3.05, 3.63) is 35.4 Å². The van der Waals surface area contributed by atoms with Crippen LogP contribution in [-0.4, -0.2) is 39.4 Å². The average Bonchev–Trinajstić information content (AvgIpc) is 2.59. The minimum absolute atomic E-state index is 0.00773. The highest BCUT2D eigenvalue weighted by atomic mass is 16.5. The van der Waals surface area contributed by atoms with Gasteiger partial charge >= 0.3 is 11.9 Å². The predicted octanol–water partition coefficient (Wildman–Crippen LogP) is 3.21. The van der Waals surface area contributed by atoms with Gasteiger partial charge in [-0.2, -0.15) is 0 Å². The van der Waals surface area contributed by atoms with Crippen LogP contribution in [0.15, 0.2) is 24.3 Å². The largest absolute Gasteiger partial charge is 0.495 e. The molecule has 2 rings (SSSR count). The lowest BCUT2D eigenvalue weighted by molar-refractivity contribution is 0.0473. The molecule has 6 nitrogen and oxygen atoms in total. The fourth-order valence-corrected chi connectivity index (χ4v) is 2.60. The molecule has 6 heteroatoms. The Kier molecular flexibility index (Phi) is 5.63. The van der Waals surface area contributed by atoms with Crippen LogP contribution in [-0.2, 0) is 9.47 Å². The third-order valence-corrected chi connectivity index (χ3v) is 3.49. The topological polar surface area (TPSA) is 71.1 Å². The first-order valence-corrected chi connectivity index (χ1v) is 7.61. The maximum absolute atomic E-state index is 12.5. The van der Waals surface area contributed by atoms with E-state index < -0.39 is 11.9 Å². The normalized spacial score (nSPS) is 10.3. The molecule has 0 saturated carbocycles. The van der Waals surface area contributed by atoms with Crippen LogP contribution in [0.2, 0.25) is 0 Å². The number of hydrogen-bond donors (Lipinski definition) is 0. The molecule has 0 fully saturated rings.